The number of carbonyl (C=O) groups excluding carboxylic acids is 1. The summed E-state index contributed by atoms with van der Waals surface area (Å²) in [7, 11) is 0. The molecule has 7 heteroatoms. The number of hydrogen-bond donors (Lipinski definition) is 1. The van der Waals surface area contributed by atoms with Crippen LogP contribution in [0.5, 0.6) is 0 Å². The van der Waals surface area contributed by atoms with E-state index in [-0.39, 0.29) is 5.91 Å². The average Bonchev–Trinajstić information content (AvgIpc) is 3.13. The Bertz CT molecular complexity index is 618. The van der Waals surface area contributed by atoms with Gasteiger partial charge in [-0.15, -0.1) is 0 Å². The number of nitrogens with one attached hydrogen (secondary N) is 1. The van der Waals surface area contributed by atoms with Gasteiger partial charge in [-0.1, -0.05) is 6.92 Å². The van der Waals surface area contributed by atoms with Crippen molar-refractivity contribution < 1.29 is 9.21 Å². The van der Waals surface area contributed by atoms with Crippen LogP contribution in [0.3, 0.4) is 0 Å². The molecule has 3 heterocycles. The molecule has 0 aliphatic carbocycles. The predicted molar refractivity (Wildman–Crippen MR) is 86.1 cm³/mol. The number of hydrogen-bond acceptors (Lipinski definition) is 6. The van der Waals surface area contributed by atoms with Gasteiger partial charge in [-0.3, -0.25) is 4.79 Å². The molecule has 7 nitrogen and oxygen atoms in total. The molecule has 1 aliphatic heterocycles. The van der Waals surface area contributed by atoms with E-state index in [9.17, 15) is 4.79 Å². The largest absolute Gasteiger partial charge is 0.467 e. The van der Waals surface area contributed by atoms with Gasteiger partial charge in [0, 0.05) is 38.6 Å². The molecular weight excluding hydrogens is 294 g/mol. The normalized spacial score (nSPS) is 15.6. The monoisotopic (exact) mass is 315 g/mol. The second-order valence-electron chi connectivity index (χ2n) is 5.45. The summed E-state index contributed by atoms with van der Waals surface area (Å²) in [5, 5.41) is 3.06. The lowest BCUT2D eigenvalue weighted by molar-refractivity contribution is 0.0642. The van der Waals surface area contributed by atoms with Gasteiger partial charge in [0.2, 0.25) is 5.95 Å². The smallest absolute Gasteiger partial charge is 0.257 e. The number of furan rings is 1. The van der Waals surface area contributed by atoms with Crippen molar-refractivity contribution in [2.24, 2.45) is 0 Å². The minimum Gasteiger partial charge on any atom is -0.467 e. The molecule has 0 unspecified atom stereocenters. The Morgan fingerprint density at radius 2 is 2.00 bits per heavy atom. The van der Waals surface area contributed by atoms with Crippen LogP contribution < -0.4 is 5.32 Å². The van der Waals surface area contributed by atoms with Gasteiger partial charge in [0.1, 0.15) is 5.76 Å². The third kappa shape index (κ3) is 3.87. The van der Waals surface area contributed by atoms with E-state index in [0.717, 1.165) is 38.5 Å². The van der Waals surface area contributed by atoms with Gasteiger partial charge in [0.05, 0.1) is 18.4 Å². The number of carbonyl (C=O) groups is 1. The standard InChI is InChI=1S/C16H21N5O2/c1-2-20-5-7-21(8-6-20)15(22)13-10-17-16(18-11-13)19-12-14-4-3-9-23-14/h3-4,9-11H,2,5-8,12H2,1H3,(H,17,18,19). The van der Waals surface area contributed by atoms with Crippen LogP contribution in [0.25, 0.3) is 0 Å². The summed E-state index contributed by atoms with van der Waals surface area (Å²) in [5.41, 5.74) is 0.526. The highest BCUT2D eigenvalue weighted by Gasteiger charge is 2.21. The summed E-state index contributed by atoms with van der Waals surface area (Å²) in [6.45, 7) is 7.04. The molecule has 0 aromatic carbocycles. The highest BCUT2D eigenvalue weighted by atomic mass is 16.3. The fourth-order valence-corrected chi connectivity index (χ4v) is 2.56. The molecule has 2 aromatic heterocycles. The van der Waals surface area contributed by atoms with Gasteiger partial charge in [-0.25, -0.2) is 9.97 Å². The highest BCUT2D eigenvalue weighted by Crippen LogP contribution is 2.09. The molecule has 1 fully saturated rings. The van der Waals surface area contributed by atoms with Crippen molar-refractivity contribution >= 4 is 11.9 Å². The van der Waals surface area contributed by atoms with Gasteiger partial charge < -0.3 is 19.5 Å². The number of rotatable bonds is 5. The molecule has 23 heavy (non-hydrogen) atoms. The molecule has 0 radical (unpaired) electrons. The van der Waals surface area contributed by atoms with Crippen molar-refractivity contribution in [1.29, 1.82) is 0 Å². The Morgan fingerprint density at radius 1 is 1.26 bits per heavy atom. The third-order valence-electron chi connectivity index (χ3n) is 4.01. The molecule has 0 bridgehead atoms. The van der Waals surface area contributed by atoms with Crippen molar-refractivity contribution in [3.05, 3.63) is 42.1 Å². The Morgan fingerprint density at radius 3 is 2.61 bits per heavy atom. The van der Waals surface area contributed by atoms with E-state index in [1.165, 1.54) is 0 Å². The average molecular weight is 315 g/mol. The lowest BCUT2D eigenvalue weighted by Crippen LogP contribution is -2.48. The topological polar surface area (TPSA) is 74.5 Å². The molecule has 0 atom stereocenters. The molecule has 122 valence electrons. The van der Waals surface area contributed by atoms with Crippen LogP contribution in [0, 0.1) is 0 Å². The summed E-state index contributed by atoms with van der Waals surface area (Å²) in [4.78, 5) is 25.0. The van der Waals surface area contributed by atoms with Crippen molar-refractivity contribution in [2.75, 3.05) is 38.0 Å². The first kappa shape index (κ1) is 15.5. The number of aromatic nitrogens is 2. The van der Waals surface area contributed by atoms with Gasteiger partial charge in [0.25, 0.3) is 5.91 Å². The van der Waals surface area contributed by atoms with Crippen LogP contribution in [0.2, 0.25) is 0 Å². The van der Waals surface area contributed by atoms with E-state index in [0.29, 0.717) is 18.1 Å². The van der Waals surface area contributed by atoms with Gasteiger partial charge in [0.15, 0.2) is 0 Å². The predicted octanol–water partition coefficient (Wildman–Crippen LogP) is 1.46. The summed E-state index contributed by atoms with van der Waals surface area (Å²) >= 11 is 0. The lowest BCUT2D eigenvalue weighted by atomic mass is 10.2. The summed E-state index contributed by atoms with van der Waals surface area (Å²) in [5.74, 6) is 1.29. The number of likely N-dealkylation sites (N-methyl/N-ethyl adjacent to an activating group) is 1. The van der Waals surface area contributed by atoms with E-state index in [1.54, 1.807) is 18.7 Å². The first-order valence-electron chi connectivity index (χ1n) is 7.86. The van der Waals surface area contributed by atoms with E-state index in [2.05, 4.69) is 27.1 Å². The first-order valence-corrected chi connectivity index (χ1v) is 7.86. The molecule has 1 amide bonds. The Hall–Kier alpha value is -2.41. The second-order valence-corrected chi connectivity index (χ2v) is 5.45. The van der Waals surface area contributed by atoms with Gasteiger partial charge >= 0.3 is 0 Å². The molecule has 1 aliphatic rings. The maximum atomic E-state index is 12.4. The number of piperazine rings is 1. The molecular formula is C16H21N5O2. The molecule has 1 N–H and O–H groups in total. The molecule has 0 spiro atoms. The van der Waals surface area contributed by atoms with Crippen molar-refractivity contribution in [1.82, 2.24) is 19.8 Å². The summed E-state index contributed by atoms with van der Waals surface area (Å²) in [6.07, 6.45) is 4.77. The lowest BCUT2D eigenvalue weighted by Gasteiger charge is -2.33. The molecule has 1 saturated heterocycles. The van der Waals surface area contributed by atoms with E-state index < -0.39 is 0 Å². The fraction of sp³-hybridized carbons (Fsp3) is 0.438. The maximum Gasteiger partial charge on any atom is 0.257 e. The van der Waals surface area contributed by atoms with Crippen LogP contribution >= 0.6 is 0 Å². The SMILES string of the molecule is CCN1CCN(C(=O)c2cnc(NCc3ccco3)nc2)CC1. The molecule has 0 saturated carbocycles. The van der Waals surface area contributed by atoms with Crippen molar-refractivity contribution in [3.8, 4) is 0 Å². The van der Waals surface area contributed by atoms with Crippen molar-refractivity contribution in [3.63, 3.8) is 0 Å². The maximum absolute atomic E-state index is 12.4. The number of nitrogens with zero attached hydrogens (tertiary/aromatic N) is 4. The number of anilines is 1. The minimum absolute atomic E-state index is 0.00154. The Kier molecular flexibility index (Phi) is 4.87. The Labute approximate surface area is 135 Å². The molecule has 3 rings (SSSR count). The molecule has 2 aromatic rings. The van der Waals surface area contributed by atoms with E-state index in [4.69, 9.17) is 4.42 Å². The highest BCUT2D eigenvalue weighted by molar-refractivity contribution is 5.93. The van der Waals surface area contributed by atoms with Crippen molar-refractivity contribution in [2.45, 2.75) is 13.5 Å². The zero-order valence-electron chi connectivity index (χ0n) is 13.2. The second kappa shape index (κ2) is 7.23. The van der Waals surface area contributed by atoms with Crippen LogP contribution in [0.4, 0.5) is 5.95 Å². The van der Waals surface area contributed by atoms with Crippen LogP contribution in [0.15, 0.2) is 35.2 Å². The third-order valence-corrected chi connectivity index (χ3v) is 4.01. The zero-order valence-corrected chi connectivity index (χ0v) is 13.2. The minimum atomic E-state index is -0.00154. The summed E-state index contributed by atoms with van der Waals surface area (Å²) < 4.78 is 5.23. The zero-order chi connectivity index (χ0) is 16.1. The van der Waals surface area contributed by atoms with E-state index >= 15 is 0 Å². The van der Waals surface area contributed by atoms with Crippen LogP contribution in [-0.4, -0.2) is 58.4 Å². The van der Waals surface area contributed by atoms with E-state index in [1.807, 2.05) is 17.0 Å². The van der Waals surface area contributed by atoms with Gasteiger partial charge in [-0.2, -0.15) is 0 Å². The quantitative estimate of drug-likeness (QED) is 0.900. The van der Waals surface area contributed by atoms with Crippen LogP contribution in [0.1, 0.15) is 23.0 Å². The first-order chi connectivity index (χ1) is 11.3. The number of amides is 1. The van der Waals surface area contributed by atoms with Gasteiger partial charge in [-0.05, 0) is 18.7 Å². The Balaban J connectivity index is 1.55. The summed E-state index contributed by atoms with van der Waals surface area (Å²) in [6, 6.07) is 3.71. The fourth-order valence-electron chi connectivity index (χ4n) is 2.56. The van der Waals surface area contributed by atoms with Crippen LogP contribution in [-0.2, 0) is 6.54 Å².